The van der Waals surface area contributed by atoms with E-state index in [4.69, 9.17) is 0 Å². The van der Waals surface area contributed by atoms with Crippen LogP contribution in [0, 0.1) is 6.92 Å². The van der Waals surface area contributed by atoms with Gasteiger partial charge in [0.25, 0.3) is 0 Å². The first-order valence-electron chi connectivity index (χ1n) is 5.32. The zero-order valence-electron chi connectivity index (χ0n) is 9.20. The van der Waals surface area contributed by atoms with Crippen LogP contribution in [0.3, 0.4) is 0 Å². The summed E-state index contributed by atoms with van der Waals surface area (Å²) in [5, 5.41) is 0. The lowest BCUT2D eigenvalue weighted by atomic mass is 10.0. The van der Waals surface area contributed by atoms with Crippen molar-refractivity contribution in [2.45, 2.75) is 20.3 Å². The Morgan fingerprint density at radius 1 is 1.13 bits per heavy atom. The van der Waals surface area contributed by atoms with Crippen LogP contribution < -0.4 is 0 Å². The van der Waals surface area contributed by atoms with Crippen LogP contribution in [0.5, 0.6) is 0 Å². The zero-order chi connectivity index (χ0) is 10.7. The average molecular weight is 197 g/mol. The van der Waals surface area contributed by atoms with E-state index in [1.807, 2.05) is 12.3 Å². The molecule has 0 atom stereocenters. The Kier molecular flexibility index (Phi) is 2.82. The standard InChI is InChI=1S/C14H15N/c1-3-12-7-4-8-13(10-12)14-11(2)6-5-9-15-14/h4-10H,3H2,1-2H3. The topological polar surface area (TPSA) is 12.9 Å². The first-order chi connectivity index (χ1) is 7.31. The van der Waals surface area contributed by atoms with E-state index in [1.54, 1.807) is 0 Å². The van der Waals surface area contributed by atoms with E-state index in [1.165, 1.54) is 16.7 Å². The molecule has 2 rings (SSSR count). The van der Waals surface area contributed by atoms with Gasteiger partial charge in [-0.15, -0.1) is 0 Å². The van der Waals surface area contributed by atoms with E-state index < -0.39 is 0 Å². The van der Waals surface area contributed by atoms with Crippen molar-refractivity contribution in [3.63, 3.8) is 0 Å². The summed E-state index contributed by atoms with van der Waals surface area (Å²) in [7, 11) is 0. The fourth-order valence-electron chi connectivity index (χ4n) is 1.73. The summed E-state index contributed by atoms with van der Waals surface area (Å²) in [4.78, 5) is 4.42. The molecule has 1 heteroatoms. The van der Waals surface area contributed by atoms with Crippen LogP contribution in [0.4, 0.5) is 0 Å². The molecule has 2 aromatic rings. The molecule has 1 aromatic carbocycles. The third-order valence-electron chi connectivity index (χ3n) is 2.62. The van der Waals surface area contributed by atoms with Gasteiger partial charge in [0.1, 0.15) is 0 Å². The van der Waals surface area contributed by atoms with Gasteiger partial charge in [-0.05, 0) is 36.6 Å². The Morgan fingerprint density at radius 3 is 2.73 bits per heavy atom. The molecule has 1 nitrogen and oxygen atoms in total. The largest absolute Gasteiger partial charge is 0.256 e. The first-order valence-corrected chi connectivity index (χ1v) is 5.32. The Balaban J connectivity index is 2.49. The Labute approximate surface area is 90.8 Å². The van der Waals surface area contributed by atoms with Crippen molar-refractivity contribution in [1.82, 2.24) is 4.98 Å². The van der Waals surface area contributed by atoms with Gasteiger partial charge < -0.3 is 0 Å². The van der Waals surface area contributed by atoms with E-state index in [2.05, 4.69) is 49.2 Å². The highest BCUT2D eigenvalue weighted by Crippen LogP contribution is 2.21. The van der Waals surface area contributed by atoms with Crippen molar-refractivity contribution in [3.8, 4) is 11.3 Å². The minimum absolute atomic E-state index is 1.07. The van der Waals surface area contributed by atoms with Gasteiger partial charge in [-0.3, -0.25) is 4.98 Å². The second kappa shape index (κ2) is 4.26. The lowest BCUT2D eigenvalue weighted by Crippen LogP contribution is -1.88. The third kappa shape index (κ3) is 2.07. The van der Waals surface area contributed by atoms with Gasteiger partial charge in [-0.2, -0.15) is 0 Å². The number of pyridine rings is 1. The fraction of sp³-hybridized carbons (Fsp3) is 0.214. The first kappa shape index (κ1) is 9.91. The second-order valence-electron chi connectivity index (χ2n) is 3.72. The minimum atomic E-state index is 1.07. The molecule has 0 aliphatic carbocycles. The number of hydrogen-bond acceptors (Lipinski definition) is 1. The van der Waals surface area contributed by atoms with Crippen LogP contribution in [-0.4, -0.2) is 4.98 Å². The number of aryl methyl sites for hydroxylation is 2. The molecule has 0 bridgehead atoms. The molecule has 0 saturated carbocycles. The van der Waals surface area contributed by atoms with Crippen molar-refractivity contribution >= 4 is 0 Å². The van der Waals surface area contributed by atoms with E-state index in [0.717, 1.165) is 12.1 Å². The predicted molar refractivity (Wildman–Crippen MR) is 63.8 cm³/mol. The van der Waals surface area contributed by atoms with E-state index in [-0.39, 0.29) is 0 Å². The quantitative estimate of drug-likeness (QED) is 0.716. The summed E-state index contributed by atoms with van der Waals surface area (Å²) in [5.74, 6) is 0. The SMILES string of the molecule is CCc1cccc(-c2ncccc2C)c1. The average Bonchev–Trinajstić information content (AvgIpc) is 2.30. The predicted octanol–water partition coefficient (Wildman–Crippen LogP) is 3.62. The molecule has 0 aliphatic rings. The molecule has 1 heterocycles. The van der Waals surface area contributed by atoms with Gasteiger partial charge in [-0.25, -0.2) is 0 Å². The molecule has 15 heavy (non-hydrogen) atoms. The number of hydrogen-bond donors (Lipinski definition) is 0. The summed E-state index contributed by atoms with van der Waals surface area (Å²) >= 11 is 0. The summed E-state index contributed by atoms with van der Waals surface area (Å²) < 4.78 is 0. The molecule has 0 radical (unpaired) electrons. The van der Waals surface area contributed by atoms with Crippen LogP contribution >= 0.6 is 0 Å². The van der Waals surface area contributed by atoms with Gasteiger partial charge in [0, 0.05) is 11.8 Å². The number of rotatable bonds is 2. The van der Waals surface area contributed by atoms with Crippen molar-refractivity contribution in [2.24, 2.45) is 0 Å². The molecule has 0 fully saturated rings. The lowest BCUT2D eigenvalue weighted by Gasteiger charge is -2.05. The van der Waals surface area contributed by atoms with Gasteiger partial charge in [0.15, 0.2) is 0 Å². The molecular weight excluding hydrogens is 182 g/mol. The minimum Gasteiger partial charge on any atom is -0.256 e. The van der Waals surface area contributed by atoms with Crippen LogP contribution in [0.2, 0.25) is 0 Å². The van der Waals surface area contributed by atoms with Gasteiger partial charge in [-0.1, -0.05) is 31.2 Å². The van der Waals surface area contributed by atoms with E-state index in [0.29, 0.717) is 0 Å². The molecule has 0 aliphatic heterocycles. The summed E-state index contributed by atoms with van der Waals surface area (Å²) in [6.07, 6.45) is 2.92. The zero-order valence-corrected chi connectivity index (χ0v) is 9.20. The summed E-state index contributed by atoms with van der Waals surface area (Å²) in [6, 6.07) is 12.7. The maximum Gasteiger partial charge on any atom is 0.0731 e. The Hall–Kier alpha value is -1.63. The van der Waals surface area contributed by atoms with Crippen LogP contribution in [0.15, 0.2) is 42.6 Å². The van der Waals surface area contributed by atoms with Crippen LogP contribution in [-0.2, 0) is 6.42 Å². The smallest absolute Gasteiger partial charge is 0.0731 e. The van der Waals surface area contributed by atoms with Crippen molar-refractivity contribution in [1.29, 1.82) is 0 Å². The third-order valence-corrected chi connectivity index (χ3v) is 2.62. The Morgan fingerprint density at radius 2 is 2.00 bits per heavy atom. The maximum atomic E-state index is 4.42. The molecule has 76 valence electrons. The van der Waals surface area contributed by atoms with E-state index >= 15 is 0 Å². The van der Waals surface area contributed by atoms with Crippen molar-refractivity contribution in [2.75, 3.05) is 0 Å². The second-order valence-corrected chi connectivity index (χ2v) is 3.72. The van der Waals surface area contributed by atoms with Gasteiger partial charge in [0.05, 0.1) is 5.69 Å². The van der Waals surface area contributed by atoms with Crippen molar-refractivity contribution in [3.05, 3.63) is 53.7 Å². The number of benzene rings is 1. The number of nitrogens with zero attached hydrogens (tertiary/aromatic N) is 1. The number of aromatic nitrogens is 1. The van der Waals surface area contributed by atoms with Crippen molar-refractivity contribution < 1.29 is 0 Å². The normalized spacial score (nSPS) is 10.3. The van der Waals surface area contributed by atoms with Crippen LogP contribution in [0.25, 0.3) is 11.3 Å². The maximum absolute atomic E-state index is 4.42. The highest BCUT2D eigenvalue weighted by Gasteiger charge is 2.02. The molecule has 0 N–H and O–H groups in total. The molecule has 0 saturated heterocycles. The van der Waals surface area contributed by atoms with Gasteiger partial charge in [0.2, 0.25) is 0 Å². The molecular formula is C14H15N. The monoisotopic (exact) mass is 197 g/mol. The molecule has 0 amide bonds. The fourth-order valence-corrected chi connectivity index (χ4v) is 1.73. The Bertz CT molecular complexity index is 460. The van der Waals surface area contributed by atoms with E-state index in [9.17, 15) is 0 Å². The molecule has 0 unspecified atom stereocenters. The summed E-state index contributed by atoms with van der Waals surface area (Å²) in [5.41, 5.74) is 4.89. The molecule has 0 spiro atoms. The highest BCUT2D eigenvalue weighted by molar-refractivity contribution is 5.63. The van der Waals surface area contributed by atoms with Gasteiger partial charge >= 0.3 is 0 Å². The lowest BCUT2D eigenvalue weighted by molar-refractivity contribution is 1.14. The highest BCUT2D eigenvalue weighted by atomic mass is 14.7. The molecule has 1 aromatic heterocycles. The summed E-state index contributed by atoms with van der Waals surface area (Å²) in [6.45, 7) is 4.27. The van der Waals surface area contributed by atoms with Crippen LogP contribution in [0.1, 0.15) is 18.1 Å².